The van der Waals surface area contributed by atoms with Crippen LogP contribution in [0.2, 0.25) is 0 Å². The van der Waals surface area contributed by atoms with Crippen LogP contribution in [0.4, 0.5) is 14.4 Å². The quantitative estimate of drug-likeness (QED) is 0.141. The Bertz CT molecular complexity index is 1040. The predicted molar refractivity (Wildman–Crippen MR) is 126 cm³/mol. The molecule has 4 rings (SSSR count). The number of carbonyl (C=O) groups is 3. The lowest BCUT2D eigenvalue weighted by Gasteiger charge is -2.15. The number of aromatic nitrogens is 3. The van der Waals surface area contributed by atoms with Crippen LogP contribution in [0.5, 0.6) is 0 Å². The summed E-state index contributed by atoms with van der Waals surface area (Å²) in [7, 11) is 0. The molecule has 1 aromatic heterocycles. The first kappa shape index (κ1) is 28.1. The maximum absolute atomic E-state index is 13.0. The van der Waals surface area contributed by atoms with Crippen molar-refractivity contribution in [3.63, 3.8) is 0 Å². The van der Waals surface area contributed by atoms with Crippen molar-refractivity contribution >= 4 is 18.3 Å². The summed E-state index contributed by atoms with van der Waals surface area (Å²) in [4.78, 5) is 74.4. The highest BCUT2D eigenvalue weighted by Gasteiger charge is 2.26. The molecule has 3 fully saturated rings. The topological polar surface area (TPSA) is 219 Å². The Morgan fingerprint density at radius 1 is 0.590 bits per heavy atom. The van der Waals surface area contributed by atoms with Gasteiger partial charge in [0.05, 0.1) is 19.8 Å². The molecule has 18 heteroatoms. The van der Waals surface area contributed by atoms with Crippen molar-refractivity contribution < 1.29 is 42.8 Å². The fourth-order valence-electron chi connectivity index (χ4n) is 3.22. The summed E-state index contributed by atoms with van der Waals surface area (Å²) in [5.74, 6) is 0. The maximum atomic E-state index is 13.0. The fourth-order valence-corrected chi connectivity index (χ4v) is 3.22. The Hall–Kier alpha value is -3.90. The van der Waals surface area contributed by atoms with Crippen LogP contribution in [0.25, 0.3) is 0 Å². The van der Waals surface area contributed by atoms with Crippen LogP contribution in [0.15, 0.2) is 14.4 Å². The molecule has 0 aromatic carbocycles. The summed E-state index contributed by atoms with van der Waals surface area (Å²) in [6.45, 7) is 0.466. The van der Waals surface area contributed by atoms with Gasteiger partial charge in [0.15, 0.2) is 0 Å². The molecule has 216 valence electrons. The molecule has 0 bridgehead atoms. The highest BCUT2D eigenvalue weighted by Crippen LogP contribution is 2.09. The number of epoxide rings is 3. The van der Waals surface area contributed by atoms with Gasteiger partial charge in [-0.25, -0.2) is 42.5 Å². The van der Waals surface area contributed by atoms with Crippen molar-refractivity contribution in [3.05, 3.63) is 31.5 Å². The van der Waals surface area contributed by atoms with Gasteiger partial charge in [0, 0.05) is 39.3 Å². The molecule has 0 aliphatic carbocycles. The van der Waals surface area contributed by atoms with Crippen LogP contribution in [-0.4, -0.2) is 110 Å². The van der Waals surface area contributed by atoms with E-state index in [2.05, 4.69) is 16.0 Å². The molecule has 3 saturated heterocycles. The number of nitrogens with one attached hydrogen (secondary N) is 3. The Labute approximate surface area is 220 Å². The first-order chi connectivity index (χ1) is 18.8. The van der Waals surface area contributed by atoms with Crippen molar-refractivity contribution in [1.82, 2.24) is 29.7 Å². The lowest BCUT2D eigenvalue weighted by atomic mass is 10.5. The lowest BCUT2D eigenvalue weighted by Crippen LogP contribution is -2.56. The number of hydrogen-bond acceptors (Lipinski definition) is 12. The van der Waals surface area contributed by atoms with E-state index in [1.165, 1.54) is 0 Å². The maximum Gasteiger partial charge on any atom is 0.407 e. The van der Waals surface area contributed by atoms with Crippen molar-refractivity contribution in [1.29, 1.82) is 0 Å². The molecule has 4 heterocycles. The van der Waals surface area contributed by atoms with Gasteiger partial charge in [-0.05, 0) is 0 Å². The minimum Gasteiger partial charge on any atom is -0.447 e. The van der Waals surface area contributed by atoms with Crippen LogP contribution in [0, 0.1) is 0 Å². The molecular formula is C21H30N6O12. The molecule has 0 radical (unpaired) electrons. The third-order valence-corrected chi connectivity index (χ3v) is 5.61. The zero-order valence-electron chi connectivity index (χ0n) is 21.0. The summed E-state index contributed by atoms with van der Waals surface area (Å²) < 4.78 is 31.9. The summed E-state index contributed by atoms with van der Waals surface area (Å²) in [6.07, 6.45) is -2.66. The van der Waals surface area contributed by atoms with Gasteiger partial charge < -0.3 is 44.4 Å². The number of amides is 3. The van der Waals surface area contributed by atoms with E-state index < -0.39 is 35.3 Å². The number of nitrogens with zero attached hydrogens (tertiary/aromatic N) is 3. The van der Waals surface area contributed by atoms with Crippen LogP contribution in [-0.2, 0) is 48.1 Å². The molecule has 3 unspecified atom stereocenters. The normalized spacial score (nSPS) is 20.5. The van der Waals surface area contributed by atoms with Gasteiger partial charge in [-0.1, -0.05) is 0 Å². The van der Waals surface area contributed by atoms with Gasteiger partial charge in [0.2, 0.25) is 0 Å². The Morgan fingerprint density at radius 2 is 0.846 bits per heavy atom. The smallest absolute Gasteiger partial charge is 0.407 e. The molecule has 0 spiro atoms. The predicted octanol–water partition coefficient (Wildman–Crippen LogP) is -3.45. The molecule has 0 saturated carbocycles. The van der Waals surface area contributed by atoms with Crippen LogP contribution >= 0.6 is 0 Å². The van der Waals surface area contributed by atoms with Crippen molar-refractivity contribution in [3.8, 4) is 0 Å². The van der Waals surface area contributed by atoms with E-state index in [0.29, 0.717) is 19.8 Å². The molecule has 1 aromatic rings. The molecule has 3 aliphatic heterocycles. The number of alkyl carbamates (subject to hydrolysis) is 3. The van der Waals surface area contributed by atoms with E-state index in [0.717, 1.165) is 13.7 Å². The van der Waals surface area contributed by atoms with Crippen LogP contribution < -0.4 is 33.0 Å². The van der Waals surface area contributed by atoms with Crippen LogP contribution in [0.3, 0.4) is 0 Å². The Balaban J connectivity index is 1.38. The molecular weight excluding hydrogens is 528 g/mol. The molecule has 18 nitrogen and oxygen atoms in total. The highest BCUT2D eigenvalue weighted by atomic mass is 16.6. The summed E-state index contributed by atoms with van der Waals surface area (Å²) in [5, 5.41) is 7.25. The molecule has 3 aliphatic rings. The number of ether oxygens (including phenoxy) is 6. The van der Waals surface area contributed by atoms with Crippen molar-refractivity contribution in [2.45, 2.75) is 37.9 Å². The zero-order valence-corrected chi connectivity index (χ0v) is 21.0. The van der Waals surface area contributed by atoms with E-state index in [9.17, 15) is 28.8 Å². The molecule has 3 atom stereocenters. The first-order valence-corrected chi connectivity index (χ1v) is 12.3. The van der Waals surface area contributed by atoms with Gasteiger partial charge in [0.25, 0.3) is 0 Å². The minimum atomic E-state index is -0.943. The number of rotatable bonds is 15. The summed E-state index contributed by atoms with van der Waals surface area (Å²) in [6, 6.07) is 0. The lowest BCUT2D eigenvalue weighted by molar-refractivity contribution is 0.135. The first-order valence-electron chi connectivity index (χ1n) is 12.3. The van der Waals surface area contributed by atoms with Gasteiger partial charge in [0.1, 0.15) is 38.1 Å². The van der Waals surface area contributed by atoms with E-state index in [-0.39, 0.29) is 77.4 Å². The SMILES string of the molecule is O=C(NCCn1c(=O)n(CCNC(=O)OCC2CO2)c(=O)n(CCNC(=O)OCC2CO2)c1=O)OCC1CO1. The number of carbonyl (C=O) groups excluding carboxylic acids is 3. The second-order valence-corrected chi connectivity index (χ2v) is 8.74. The molecule has 39 heavy (non-hydrogen) atoms. The van der Waals surface area contributed by atoms with Gasteiger partial charge in [-0.2, -0.15) is 0 Å². The monoisotopic (exact) mass is 558 g/mol. The number of hydrogen-bond donors (Lipinski definition) is 3. The van der Waals surface area contributed by atoms with E-state index in [1.54, 1.807) is 0 Å². The van der Waals surface area contributed by atoms with Gasteiger partial charge in [-0.3, -0.25) is 0 Å². The average Bonchev–Trinajstić information content (AvgIpc) is 3.76. The Kier molecular flexibility index (Phi) is 9.55. The van der Waals surface area contributed by atoms with E-state index >= 15 is 0 Å². The van der Waals surface area contributed by atoms with Gasteiger partial charge >= 0.3 is 35.3 Å². The Morgan fingerprint density at radius 3 is 1.08 bits per heavy atom. The van der Waals surface area contributed by atoms with Gasteiger partial charge in [-0.15, -0.1) is 0 Å². The standard InChI is InChI=1S/C21H30N6O12/c28-16(37-10-13-7-34-13)22-1-4-25-19(31)26(5-2-23-17(29)38-11-14-8-35-14)21(33)27(20(25)32)6-3-24-18(30)39-12-15-9-36-15/h13-15H,1-12H2,(H,22,28)(H,23,29)(H,24,30). The zero-order chi connectivity index (χ0) is 27.8. The van der Waals surface area contributed by atoms with E-state index in [4.69, 9.17) is 28.4 Å². The second-order valence-electron chi connectivity index (χ2n) is 8.74. The second kappa shape index (κ2) is 13.3. The van der Waals surface area contributed by atoms with Crippen LogP contribution in [0.1, 0.15) is 0 Å². The third-order valence-electron chi connectivity index (χ3n) is 5.61. The molecule has 3 N–H and O–H groups in total. The summed E-state index contributed by atoms with van der Waals surface area (Å²) >= 11 is 0. The fraction of sp³-hybridized carbons (Fsp3) is 0.714. The molecule has 3 amide bonds. The van der Waals surface area contributed by atoms with Crippen molar-refractivity contribution in [2.24, 2.45) is 0 Å². The minimum absolute atomic E-state index is 0.0791. The average molecular weight is 559 g/mol. The third kappa shape index (κ3) is 9.11. The van der Waals surface area contributed by atoms with Crippen molar-refractivity contribution in [2.75, 3.05) is 59.3 Å². The van der Waals surface area contributed by atoms with E-state index in [1.807, 2.05) is 0 Å². The highest BCUT2D eigenvalue weighted by molar-refractivity contribution is 5.67. The largest absolute Gasteiger partial charge is 0.447 e. The summed E-state index contributed by atoms with van der Waals surface area (Å²) in [5.41, 5.74) is -2.83.